The van der Waals surface area contributed by atoms with Gasteiger partial charge in [0.2, 0.25) is 0 Å². The number of ether oxygens (including phenoxy) is 3. The summed E-state index contributed by atoms with van der Waals surface area (Å²) < 4.78 is 16.0. The molecule has 0 saturated carbocycles. The molecule has 0 bridgehead atoms. The van der Waals surface area contributed by atoms with Gasteiger partial charge in [-0.15, -0.1) is 0 Å². The lowest BCUT2D eigenvalue weighted by molar-refractivity contribution is -0.143. The lowest BCUT2D eigenvalue weighted by atomic mass is 9.93. The van der Waals surface area contributed by atoms with Gasteiger partial charge in [-0.05, 0) is 38.7 Å². The van der Waals surface area contributed by atoms with E-state index < -0.39 is 5.97 Å². The summed E-state index contributed by atoms with van der Waals surface area (Å²) in [6.07, 6.45) is 4.06. The van der Waals surface area contributed by atoms with Gasteiger partial charge in [-0.1, -0.05) is 18.6 Å². The Morgan fingerprint density at radius 1 is 1.26 bits per heavy atom. The Morgan fingerprint density at radius 3 is 2.58 bits per heavy atom. The molecule has 0 unspecified atom stereocenters. The lowest BCUT2D eigenvalue weighted by Gasteiger charge is -2.21. The predicted molar refractivity (Wildman–Crippen MR) is 118 cm³/mol. The molecule has 0 aromatic heterocycles. The fraction of sp³-hybridized carbons (Fsp3) is 0.522. The van der Waals surface area contributed by atoms with Gasteiger partial charge in [0, 0.05) is 31.6 Å². The fourth-order valence-corrected chi connectivity index (χ4v) is 3.38. The van der Waals surface area contributed by atoms with E-state index in [0.717, 1.165) is 23.1 Å². The van der Waals surface area contributed by atoms with Crippen molar-refractivity contribution in [2.24, 2.45) is 0 Å². The number of carbonyl (C=O) groups excluding carboxylic acids is 3. The number of esters is 2. The van der Waals surface area contributed by atoms with Gasteiger partial charge in [0.25, 0.3) is 0 Å². The number of nitrogens with zero attached hydrogens (tertiary/aromatic N) is 1. The van der Waals surface area contributed by atoms with Crippen molar-refractivity contribution >= 4 is 23.7 Å². The van der Waals surface area contributed by atoms with Gasteiger partial charge in [0.1, 0.15) is 12.4 Å². The molecule has 31 heavy (non-hydrogen) atoms. The third kappa shape index (κ3) is 5.77. The number of rotatable bonds is 9. The van der Waals surface area contributed by atoms with Crippen LogP contribution in [0.1, 0.15) is 60.2 Å². The minimum absolute atomic E-state index is 0.149. The molecule has 1 aromatic rings. The smallest absolute Gasteiger partial charge is 0.341 e. The van der Waals surface area contributed by atoms with Crippen molar-refractivity contribution in [3.05, 3.63) is 33.9 Å². The van der Waals surface area contributed by atoms with Crippen LogP contribution in [0.4, 0.5) is 10.5 Å². The zero-order chi connectivity index (χ0) is 23.1. The molecule has 1 aromatic carbocycles. The summed E-state index contributed by atoms with van der Waals surface area (Å²) in [5.74, 6) is -0.0739. The van der Waals surface area contributed by atoms with Crippen LogP contribution in [0.25, 0.3) is 0 Å². The quantitative estimate of drug-likeness (QED) is 0.468. The molecule has 8 heteroatoms. The maximum absolute atomic E-state index is 12.4. The fourth-order valence-electron chi connectivity index (χ4n) is 3.38. The van der Waals surface area contributed by atoms with Gasteiger partial charge in [0.15, 0.2) is 0 Å². The summed E-state index contributed by atoms with van der Waals surface area (Å²) in [4.78, 5) is 38.0. The molecule has 0 atom stereocenters. The van der Waals surface area contributed by atoms with Crippen molar-refractivity contribution in [2.45, 2.75) is 53.1 Å². The largest absolute Gasteiger partial charge is 0.496 e. The van der Waals surface area contributed by atoms with E-state index in [2.05, 4.69) is 5.32 Å². The number of amides is 2. The standard InChI is InChI=1S/C23H32N2O6/c1-7-12-30-18(26)11-9-14(2)8-10-16-20(24-23(28)25(4)5)19-17(13-31-22(19)27)15(3)21(16)29-6/h8H,7,9-13H2,1-6H3,(H,24,28). The third-order valence-corrected chi connectivity index (χ3v) is 5.16. The number of hydrogen-bond donors (Lipinski definition) is 1. The molecule has 0 radical (unpaired) electrons. The predicted octanol–water partition coefficient (Wildman–Crippen LogP) is 3.99. The minimum Gasteiger partial charge on any atom is -0.496 e. The molecule has 170 valence electrons. The van der Waals surface area contributed by atoms with Gasteiger partial charge in [0.05, 0.1) is 25.0 Å². The first-order valence-corrected chi connectivity index (χ1v) is 10.4. The van der Waals surface area contributed by atoms with Crippen LogP contribution >= 0.6 is 0 Å². The minimum atomic E-state index is -0.463. The van der Waals surface area contributed by atoms with Crippen LogP contribution in [0.15, 0.2) is 11.6 Å². The van der Waals surface area contributed by atoms with E-state index in [-0.39, 0.29) is 18.6 Å². The zero-order valence-corrected chi connectivity index (χ0v) is 19.2. The Labute approximate surface area is 183 Å². The summed E-state index contributed by atoms with van der Waals surface area (Å²) in [6.45, 7) is 6.34. The second-order valence-corrected chi connectivity index (χ2v) is 7.74. The number of urea groups is 1. The van der Waals surface area contributed by atoms with E-state index in [0.29, 0.717) is 48.4 Å². The van der Waals surface area contributed by atoms with Crippen LogP contribution < -0.4 is 10.1 Å². The monoisotopic (exact) mass is 432 g/mol. The number of methoxy groups -OCH3 is 1. The molecule has 1 N–H and O–H groups in total. The summed E-state index contributed by atoms with van der Waals surface area (Å²) in [5, 5.41) is 2.84. The summed E-state index contributed by atoms with van der Waals surface area (Å²) >= 11 is 0. The van der Waals surface area contributed by atoms with Crippen LogP contribution in [0.3, 0.4) is 0 Å². The number of allylic oxidation sites excluding steroid dienone is 2. The van der Waals surface area contributed by atoms with Crippen molar-refractivity contribution in [1.29, 1.82) is 0 Å². The van der Waals surface area contributed by atoms with Crippen molar-refractivity contribution in [3.63, 3.8) is 0 Å². The highest BCUT2D eigenvalue weighted by molar-refractivity contribution is 6.05. The van der Waals surface area contributed by atoms with Crippen LogP contribution in [-0.2, 0) is 27.3 Å². The number of fused-ring (bicyclic) bond motifs is 1. The van der Waals surface area contributed by atoms with E-state index >= 15 is 0 Å². The highest BCUT2D eigenvalue weighted by atomic mass is 16.5. The third-order valence-electron chi connectivity index (χ3n) is 5.16. The Kier molecular flexibility index (Phi) is 8.47. The molecule has 0 spiro atoms. The highest BCUT2D eigenvalue weighted by Gasteiger charge is 2.32. The van der Waals surface area contributed by atoms with Gasteiger partial charge in [-0.3, -0.25) is 4.79 Å². The van der Waals surface area contributed by atoms with Crippen molar-refractivity contribution in [2.75, 3.05) is 33.1 Å². The average molecular weight is 433 g/mol. The van der Waals surface area contributed by atoms with Gasteiger partial charge < -0.3 is 24.4 Å². The molecule has 1 heterocycles. The second kappa shape index (κ2) is 10.8. The number of nitrogens with one attached hydrogen (secondary N) is 1. The topological polar surface area (TPSA) is 94.2 Å². The van der Waals surface area contributed by atoms with Crippen molar-refractivity contribution in [3.8, 4) is 5.75 Å². The molecule has 0 fully saturated rings. The van der Waals surface area contributed by atoms with Crippen LogP contribution in [0.2, 0.25) is 0 Å². The van der Waals surface area contributed by atoms with Gasteiger partial charge >= 0.3 is 18.0 Å². The summed E-state index contributed by atoms with van der Waals surface area (Å²) in [7, 11) is 4.81. The van der Waals surface area contributed by atoms with Crippen LogP contribution in [0, 0.1) is 6.92 Å². The molecule has 0 saturated heterocycles. The van der Waals surface area contributed by atoms with Crippen LogP contribution in [-0.4, -0.2) is 50.7 Å². The first kappa shape index (κ1) is 24.2. The van der Waals surface area contributed by atoms with Crippen molar-refractivity contribution in [1.82, 2.24) is 4.90 Å². The first-order chi connectivity index (χ1) is 14.7. The molecule has 2 amide bonds. The molecule has 1 aliphatic rings. The van der Waals surface area contributed by atoms with Gasteiger partial charge in [-0.25, -0.2) is 9.59 Å². The Morgan fingerprint density at radius 2 is 1.97 bits per heavy atom. The summed E-state index contributed by atoms with van der Waals surface area (Å²) in [6, 6.07) is -0.353. The first-order valence-electron chi connectivity index (χ1n) is 10.4. The number of hydrogen-bond acceptors (Lipinski definition) is 6. The molecule has 1 aliphatic heterocycles. The normalized spacial score (nSPS) is 12.8. The summed E-state index contributed by atoms with van der Waals surface area (Å²) in [5.41, 5.74) is 4.01. The SMILES string of the molecule is CCCOC(=O)CCC(C)=CCc1c(NC(=O)N(C)C)c2c(c(C)c1OC)COC2=O. The number of carbonyl (C=O) groups is 3. The Balaban J connectivity index is 2.37. The highest BCUT2D eigenvalue weighted by Crippen LogP contribution is 2.41. The molecular formula is C23H32N2O6. The van der Waals surface area contributed by atoms with E-state index in [1.165, 1.54) is 4.90 Å². The van der Waals surface area contributed by atoms with E-state index in [4.69, 9.17) is 14.2 Å². The number of cyclic esters (lactones) is 1. The number of anilines is 1. The second-order valence-electron chi connectivity index (χ2n) is 7.74. The maximum atomic E-state index is 12.4. The molecular weight excluding hydrogens is 400 g/mol. The average Bonchev–Trinajstić information content (AvgIpc) is 3.12. The van der Waals surface area contributed by atoms with Gasteiger partial charge in [-0.2, -0.15) is 0 Å². The lowest BCUT2D eigenvalue weighted by Crippen LogP contribution is -2.29. The Hall–Kier alpha value is -3.03. The molecule has 8 nitrogen and oxygen atoms in total. The maximum Gasteiger partial charge on any atom is 0.341 e. The van der Waals surface area contributed by atoms with E-state index in [1.54, 1.807) is 21.2 Å². The van der Waals surface area contributed by atoms with Crippen LogP contribution in [0.5, 0.6) is 5.75 Å². The van der Waals surface area contributed by atoms with Crippen molar-refractivity contribution < 1.29 is 28.6 Å². The van der Waals surface area contributed by atoms with E-state index in [9.17, 15) is 14.4 Å². The zero-order valence-electron chi connectivity index (χ0n) is 19.2. The van der Waals surface area contributed by atoms with E-state index in [1.807, 2.05) is 26.8 Å². The molecule has 2 rings (SSSR count). The number of benzene rings is 1. The Bertz CT molecular complexity index is 889. The molecule has 0 aliphatic carbocycles.